The first-order valence-corrected chi connectivity index (χ1v) is 9.37. The van der Waals surface area contributed by atoms with Crippen LogP contribution in [0.25, 0.3) is 0 Å². The maximum atomic E-state index is 13.2. The first-order chi connectivity index (χ1) is 11.7. The van der Waals surface area contributed by atoms with Crippen molar-refractivity contribution in [2.45, 2.75) is 52.5 Å². The minimum Gasteiger partial charge on any atom is -0.374 e. The molecule has 0 unspecified atom stereocenters. The number of hydrogen-bond donors (Lipinski definition) is 1. The van der Waals surface area contributed by atoms with Crippen LogP contribution >= 0.6 is 0 Å². The molecule has 1 aromatic carbocycles. The molecule has 0 bridgehead atoms. The van der Waals surface area contributed by atoms with Crippen LogP contribution in [0.4, 0.5) is 5.69 Å². The number of amides is 1. The van der Waals surface area contributed by atoms with Gasteiger partial charge in [0.1, 0.15) is 0 Å². The van der Waals surface area contributed by atoms with Gasteiger partial charge < -0.3 is 10.2 Å². The maximum Gasteiger partial charge on any atom is 0.226 e. The molecular formula is C22H34N2O. The third kappa shape index (κ3) is 4.87. The topological polar surface area (TPSA) is 32.3 Å². The lowest BCUT2D eigenvalue weighted by molar-refractivity contribution is -0.137. The zero-order chi connectivity index (χ0) is 18.7. The van der Waals surface area contributed by atoms with E-state index in [2.05, 4.69) is 55.0 Å². The first-order valence-electron chi connectivity index (χ1n) is 9.37. The van der Waals surface area contributed by atoms with Crippen LogP contribution in [0.15, 0.2) is 43.0 Å². The van der Waals surface area contributed by atoms with E-state index in [0.29, 0.717) is 11.8 Å². The quantitative estimate of drug-likeness (QED) is 0.790. The van der Waals surface area contributed by atoms with Crippen molar-refractivity contribution in [2.24, 2.45) is 17.3 Å². The normalized spacial score (nSPS) is 26.8. The molecule has 25 heavy (non-hydrogen) atoms. The molecule has 1 N–H and O–H groups in total. The van der Waals surface area contributed by atoms with Crippen LogP contribution in [0.5, 0.6) is 0 Å². The number of allylic oxidation sites excluding steroid dienone is 1. The summed E-state index contributed by atoms with van der Waals surface area (Å²) < 4.78 is 0. The Morgan fingerprint density at radius 1 is 1.32 bits per heavy atom. The second-order valence-electron chi connectivity index (χ2n) is 8.81. The molecule has 1 amide bonds. The molecule has 2 rings (SSSR count). The molecule has 1 aliphatic rings. The van der Waals surface area contributed by atoms with Gasteiger partial charge in [-0.15, -0.1) is 6.58 Å². The molecule has 1 aromatic rings. The van der Waals surface area contributed by atoms with Gasteiger partial charge >= 0.3 is 0 Å². The summed E-state index contributed by atoms with van der Waals surface area (Å²) in [7, 11) is 2.12. The van der Waals surface area contributed by atoms with E-state index in [0.717, 1.165) is 25.8 Å². The molecule has 3 atom stereocenters. The number of benzene rings is 1. The van der Waals surface area contributed by atoms with E-state index in [9.17, 15) is 4.79 Å². The highest BCUT2D eigenvalue weighted by molar-refractivity contribution is 5.83. The second-order valence-corrected chi connectivity index (χ2v) is 8.81. The van der Waals surface area contributed by atoms with Crippen LogP contribution in [0.3, 0.4) is 0 Å². The molecule has 138 valence electrons. The van der Waals surface area contributed by atoms with Crippen LogP contribution in [-0.2, 0) is 4.79 Å². The fraction of sp³-hybridized carbons (Fsp3) is 0.591. The predicted octanol–water partition coefficient (Wildman–Crippen LogP) is 4.65. The fourth-order valence-electron chi connectivity index (χ4n) is 3.92. The highest BCUT2D eigenvalue weighted by Crippen LogP contribution is 2.45. The molecule has 0 saturated heterocycles. The van der Waals surface area contributed by atoms with Crippen molar-refractivity contribution in [2.75, 3.05) is 18.5 Å². The highest BCUT2D eigenvalue weighted by atomic mass is 16.2. The van der Waals surface area contributed by atoms with Gasteiger partial charge in [0.05, 0.1) is 5.41 Å². The van der Waals surface area contributed by atoms with Gasteiger partial charge in [-0.25, -0.2) is 0 Å². The van der Waals surface area contributed by atoms with E-state index in [1.165, 1.54) is 5.69 Å². The van der Waals surface area contributed by atoms with Gasteiger partial charge in [-0.1, -0.05) is 31.2 Å². The fourth-order valence-corrected chi connectivity index (χ4v) is 3.92. The SMILES string of the molecule is C=C[C@@H]1CC[C@@H](CN(C)c2ccccc2)[C@@](C)(C(=O)NC(C)(C)C)C1. The Bertz CT molecular complexity index is 590. The zero-order valence-electron chi connectivity index (χ0n) is 16.5. The number of hydrogen-bond acceptors (Lipinski definition) is 2. The van der Waals surface area contributed by atoms with Crippen LogP contribution in [0.1, 0.15) is 47.0 Å². The van der Waals surface area contributed by atoms with Crippen molar-refractivity contribution in [3.8, 4) is 0 Å². The van der Waals surface area contributed by atoms with Crippen molar-refractivity contribution in [1.82, 2.24) is 5.32 Å². The van der Waals surface area contributed by atoms with Gasteiger partial charge in [-0.05, 0) is 64.0 Å². The molecule has 0 radical (unpaired) electrons. The molecule has 0 heterocycles. The zero-order valence-corrected chi connectivity index (χ0v) is 16.5. The summed E-state index contributed by atoms with van der Waals surface area (Å²) in [6.45, 7) is 13.2. The van der Waals surface area contributed by atoms with Gasteiger partial charge in [0, 0.05) is 24.8 Å². The number of nitrogens with zero attached hydrogens (tertiary/aromatic N) is 1. The summed E-state index contributed by atoms with van der Waals surface area (Å²) in [5, 5.41) is 3.23. The second kappa shape index (κ2) is 7.63. The predicted molar refractivity (Wildman–Crippen MR) is 107 cm³/mol. The van der Waals surface area contributed by atoms with Gasteiger partial charge in [0.2, 0.25) is 5.91 Å². The molecule has 1 saturated carbocycles. The van der Waals surface area contributed by atoms with E-state index in [1.807, 2.05) is 32.9 Å². The first kappa shape index (κ1) is 19.6. The maximum absolute atomic E-state index is 13.2. The molecule has 0 aliphatic heterocycles. The molecule has 1 aliphatic carbocycles. The number of para-hydroxylation sites is 1. The summed E-state index contributed by atoms with van der Waals surface area (Å²) >= 11 is 0. The Morgan fingerprint density at radius 3 is 2.52 bits per heavy atom. The lowest BCUT2D eigenvalue weighted by Gasteiger charge is -2.45. The largest absolute Gasteiger partial charge is 0.374 e. The number of anilines is 1. The van der Waals surface area contributed by atoms with Crippen LogP contribution in [0.2, 0.25) is 0 Å². The van der Waals surface area contributed by atoms with Crippen molar-refractivity contribution >= 4 is 11.6 Å². The van der Waals surface area contributed by atoms with E-state index < -0.39 is 0 Å². The smallest absolute Gasteiger partial charge is 0.226 e. The van der Waals surface area contributed by atoms with Crippen molar-refractivity contribution in [3.63, 3.8) is 0 Å². The molecule has 0 aromatic heterocycles. The van der Waals surface area contributed by atoms with Gasteiger partial charge in [0.25, 0.3) is 0 Å². The van der Waals surface area contributed by atoms with Gasteiger partial charge in [0.15, 0.2) is 0 Å². The van der Waals surface area contributed by atoms with E-state index in [1.54, 1.807) is 0 Å². The molecule has 0 spiro atoms. The summed E-state index contributed by atoms with van der Waals surface area (Å²) in [4.78, 5) is 15.4. The monoisotopic (exact) mass is 342 g/mol. The van der Waals surface area contributed by atoms with Crippen LogP contribution < -0.4 is 10.2 Å². The number of carbonyl (C=O) groups excluding carboxylic acids is 1. The van der Waals surface area contributed by atoms with Crippen LogP contribution in [-0.4, -0.2) is 25.0 Å². The standard InChI is InChI=1S/C22H34N2O/c1-7-17-13-14-18(16-24(6)19-11-9-8-10-12-19)22(5,15-17)20(25)23-21(2,3)4/h7-12,17-18H,1,13-16H2,2-6H3,(H,23,25)/t17-,18+,22+/m1/s1. The summed E-state index contributed by atoms with van der Waals surface area (Å²) in [5.41, 5.74) is 0.622. The Morgan fingerprint density at radius 2 is 1.96 bits per heavy atom. The Labute approximate surface area is 153 Å². The molecule has 3 heteroatoms. The third-order valence-electron chi connectivity index (χ3n) is 5.50. The van der Waals surface area contributed by atoms with E-state index in [-0.39, 0.29) is 16.9 Å². The van der Waals surface area contributed by atoms with Crippen LogP contribution in [0, 0.1) is 17.3 Å². The van der Waals surface area contributed by atoms with Gasteiger partial charge in [-0.3, -0.25) is 4.79 Å². The lowest BCUT2D eigenvalue weighted by atomic mass is 9.63. The number of nitrogens with one attached hydrogen (secondary N) is 1. The summed E-state index contributed by atoms with van der Waals surface area (Å²) in [5.74, 6) is 0.934. The summed E-state index contributed by atoms with van der Waals surface area (Å²) in [6.07, 6.45) is 5.09. The van der Waals surface area contributed by atoms with Crippen molar-refractivity contribution < 1.29 is 4.79 Å². The minimum absolute atomic E-state index is 0.179. The highest BCUT2D eigenvalue weighted by Gasteiger charge is 2.46. The average Bonchev–Trinajstić information content (AvgIpc) is 2.55. The average molecular weight is 343 g/mol. The molecule has 1 fully saturated rings. The third-order valence-corrected chi connectivity index (χ3v) is 5.50. The molecular weight excluding hydrogens is 308 g/mol. The Balaban J connectivity index is 2.21. The van der Waals surface area contributed by atoms with Crippen molar-refractivity contribution in [1.29, 1.82) is 0 Å². The van der Waals surface area contributed by atoms with E-state index >= 15 is 0 Å². The number of carbonyl (C=O) groups is 1. The minimum atomic E-state index is -0.368. The summed E-state index contributed by atoms with van der Waals surface area (Å²) in [6, 6.07) is 10.4. The Kier molecular flexibility index (Phi) is 5.97. The Hall–Kier alpha value is -1.77. The lowest BCUT2D eigenvalue weighted by Crippen LogP contribution is -2.54. The van der Waals surface area contributed by atoms with E-state index in [4.69, 9.17) is 0 Å². The van der Waals surface area contributed by atoms with Gasteiger partial charge in [-0.2, -0.15) is 0 Å². The molecule has 3 nitrogen and oxygen atoms in total. The van der Waals surface area contributed by atoms with Crippen molar-refractivity contribution in [3.05, 3.63) is 43.0 Å². The number of rotatable bonds is 5.